The standard InChI is InChI=1S/C15H25N3O/c1-4-19-15-14(6-5-9-16-15)17-12(2)13-7-10-18(3)11-8-13/h5-6,9,12-13,17H,4,7-8,10-11H2,1-3H3. The number of anilines is 1. The second-order valence-corrected chi connectivity index (χ2v) is 5.36. The van der Waals surface area contributed by atoms with Crippen molar-refractivity contribution in [2.75, 3.05) is 32.1 Å². The van der Waals surface area contributed by atoms with Gasteiger partial charge in [0, 0.05) is 12.2 Å². The number of pyridine rings is 1. The van der Waals surface area contributed by atoms with Crippen LogP contribution in [0, 0.1) is 5.92 Å². The summed E-state index contributed by atoms with van der Waals surface area (Å²) in [7, 11) is 2.20. The summed E-state index contributed by atoms with van der Waals surface area (Å²) in [5, 5.41) is 3.57. The number of nitrogens with one attached hydrogen (secondary N) is 1. The summed E-state index contributed by atoms with van der Waals surface area (Å²) in [6.45, 7) is 7.29. The molecular formula is C15H25N3O. The van der Waals surface area contributed by atoms with Crippen molar-refractivity contribution in [3.63, 3.8) is 0 Å². The molecule has 0 radical (unpaired) electrons. The number of hydrogen-bond acceptors (Lipinski definition) is 4. The molecule has 1 aliphatic rings. The minimum absolute atomic E-state index is 0.456. The van der Waals surface area contributed by atoms with Crippen LogP contribution in [0.2, 0.25) is 0 Å². The van der Waals surface area contributed by atoms with Gasteiger partial charge in [0.25, 0.3) is 0 Å². The maximum atomic E-state index is 5.56. The first-order chi connectivity index (χ1) is 9.20. The number of piperidine rings is 1. The van der Waals surface area contributed by atoms with Gasteiger partial charge in [0.15, 0.2) is 0 Å². The largest absolute Gasteiger partial charge is 0.476 e. The average molecular weight is 263 g/mol. The van der Waals surface area contributed by atoms with E-state index in [2.05, 4.69) is 29.2 Å². The molecule has 1 aromatic heterocycles. The Morgan fingerprint density at radius 3 is 2.89 bits per heavy atom. The zero-order chi connectivity index (χ0) is 13.7. The van der Waals surface area contributed by atoms with E-state index in [1.165, 1.54) is 25.9 Å². The van der Waals surface area contributed by atoms with Crippen LogP contribution in [0.15, 0.2) is 18.3 Å². The average Bonchev–Trinajstić information content (AvgIpc) is 2.42. The van der Waals surface area contributed by atoms with E-state index in [4.69, 9.17) is 4.74 Å². The predicted octanol–water partition coefficient (Wildman–Crippen LogP) is 2.62. The van der Waals surface area contributed by atoms with E-state index in [1.807, 2.05) is 19.1 Å². The van der Waals surface area contributed by atoms with Crippen molar-refractivity contribution in [1.82, 2.24) is 9.88 Å². The molecule has 0 aliphatic carbocycles. The van der Waals surface area contributed by atoms with Crippen LogP contribution >= 0.6 is 0 Å². The first-order valence-corrected chi connectivity index (χ1v) is 7.23. The minimum atomic E-state index is 0.456. The van der Waals surface area contributed by atoms with Crippen molar-refractivity contribution in [2.45, 2.75) is 32.7 Å². The number of nitrogens with zero attached hydrogens (tertiary/aromatic N) is 2. The monoisotopic (exact) mass is 263 g/mol. The number of likely N-dealkylation sites (tertiary alicyclic amines) is 1. The fourth-order valence-electron chi connectivity index (χ4n) is 2.64. The third kappa shape index (κ3) is 3.83. The first kappa shape index (κ1) is 14.1. The molecular weight excluding hydrogens is 238 g/mol. The Balaban J connectivity index is 1.96. The molecule has 1 saturated heterocycles. The molecule has 1 aliphatic heterocycles. The molecule has 1 fully saturated rings. The summed E-state index contributed by atoms with van der Waals surface area (Å²) in [6, 6.07) is 4.45. The van der Waals surface area contributed by atoms with Gasteiger partial charge in [-0.1, -0.05) is 0 Å². The van der Waals surface area contributed by atoms with E-state index in [0.717, 1.165) is 11.6 Å². The van der Waals surface area contributed by atoms with Crippen LogP contribution in [0.1, 0.15) is 26.7 Å². The molecule has 1 N–H and O–H groups in total. The topological polar surface area (TPSA) is 37.4 Å². The highest BCUT2D eigenvalue weighted by Crippen LogP contribution is 2.26. The van der Waals surface area contributed by atoms with Gasteiger partial charge < -0.3 is 15.0 Å². The lowest BCUT2D eigenvalue weighted by Crippen LogP contribution is -2.37. The molecule has 1 unspecified atom stereocenters. The van der Waals surface area contributed by atoms with Gasteiger partial charge >= 0.3 is 0 Å². The number of rotatable bonds is 5. The van der Waals surface area contributed by atoms with Gasteiger partial charge in [-0.05, 0) is 64.9 Å². The molecule has 0 amide bonds. The minimum Gasteiger partial charge on any atom is -0.476 e. The van der Waals surface area contributed by atoms with Gasteiger partial charge in [0.1, 0.15) is 0 Å². The van der Waals surface area contributed by atoms with E-state index in [1.54, 1.807) is 6.20 Å². The number of hydrogen-bond donors (Lipinski definition) is 1. The van der Waals surface area contributed by atoms with Crippen LogP contribution in [0.3, 0.4) is 0 Å². The highest BCUT2D eigenvalue weighted by Gasteiger charge is 2.22. The quantitative estimate of drug-likeness (QED) is 0.886. The molecule has 2 heterocycles. The Bertz CT molecular complexity index is 389. The normalized spacial score (nSPS) is 19.1. The molecule has 1 atom stereocenters. The van der Waals surface area contributed by atoms with E-state index in [0.29, 0.717) is 18.5 Å². The van der Waals surface area contributed by atoms with Crippen LogP contribution < -0.4 is 10.1 Å². The van der Waals surface area contributed by atoms with Gasteiger partial charge in [0.2, 0.25) is 5.88 Å². The van der Waals surface area contributed by atoms with Gasteiger partial charge in [-0.25, -0.2) is 4.98 Å². The smallest absolute Gasteiger partial charge is 0.237 e. The summed E-state index contributed by atoms with van der Waals surface area (Å²) >= 11 is 0. The third-order valence-corrected chi connectivity index (χ3v) is 3.91. The van der Waals surface area contributed by atoms with Gasteiger partial charge in [-0.2, -0.15) is 0 Å². The zero-order valence-corrected chi connectivity index (χ0v) is 12.2. The Kier molecular flexibility index (Phi) is 5.02. The van der Waals surface area contributed by atoms with Crippen LogP contribution in [-0.2, 0) is 0 Å². The van der Waals surface area contributed by atoms with Gasteiger partial charge in [-0.15, -0.1) is 0 Å². The molecule has 1 aromatic rings. The van der Waals surface area contributed by atoms with E-state index >= 15 is 0 Å². The summed E-state index contributed by atoms with van der Waals surface area (Å²) in [5.41, 5.74) is 1.01. The highest BCUT2D eigenvalue weighted by atomic mass is 16.5. The fourth-order valence-corrected chi connectivity index (χ4v) is 2.64. The molecule has 0 aromatic carbocycles. The molecule has 19 heavy (non-hydrogen) atoms. The van der Waals surface area contributed by atoms with Crippen LogP contribution in [-0.4, -0.2) is 42.7 Å². The predicted molar refractivity (Wildman–Crippen MR) is 78.7 cm³/mol. The van der Waals surface area contributed by atoms with Crippen molar-refractivity contribution < 1.29 is 4.74 Å². The zero-order valence-electron chi connectivity index (χ0n) is 12.2. The molecule has 0 bridgehead atoms. The Morgan fingerprint density at radius 1 is 1.47 bits per heavy atom. The van der Waals surface area contributed by atoms with Crippen molar-refractivity contribution >= 4 is 5.69 Å². The molecule has 4 nitrogen and oxygen atoms in total. The molecule has 0 spiro atoms. The van der Waals surface area contributed by atoms with Crippen LogP contribution in [0.25, 0.3) is 0 Å². The van der Waals surface area contributed by atoms with Crippen LogP contribution in [0.5, 0.6) is 5.88 Å². The van der Waals surface area contributed by atoms with Gasteiger partial charge in [-0.3, -0.25) is 0 Å². The molecule has 4 heteroatoms. The maximum absolute atomic E-state index is 5.56. The Labute approximate surface area is 116 Å². The number of aromatic nitrogens is 1. The van der Waals surface area contributed by atoms with Crippen molar-refractivity contribution in [1.29, 1.82) is 0 Å². The highest BCUT2D eigenvalue weighted by molar-refractivity contribution is 5.52. The third-order valence-electron chi connectivity index (χ3n) is 3.91. The molecule has 106 valence electrons. The lowest BCUT2D eigenvalue weighted by Gasteiger charge is -2.33. The van der Waals surface area contributed by atoms with Crippen molar-refractivity contribution in [3.05, 3.63) is 18.3 Å². The molecule has 0 saturated carbocycles. The van der Waals surface area contributed by atoms with Crippen molar-refractivity contribution in [3.8, 4) is 5.88 Å². The Hall–Kier alpha value is -1.29. The number of ether oxygens (including phenoxy) is 1. The summed E-state index contributed by atoms with van der Waals surface area (Å²) in [4.78, 5) is 6.69. The SMILES string of the molecule is CCOc1ncccc1NC(C)C1CCN(C)CC1. The summed E-state index contributed by atoms with van der Waals surface area (Å²) in [6.07, 6.45) is 4.29. The van der Waals surface area contributed by atoms with E-state index < -0.39 is 0 Å². The molecule has 2 rings (SSSR count). The maximum Gasteiger partial charge on any atom is 0.237 e. The first-order valence-electron chi connectivity index (χ1n) is 7.23. The second kappa shape index (κ2) is 6.75. The van der Waals surface area contributed by atoms with Crippen LogP contribution in [0.4, 0.5) is 5.69 Å². The lowest BCUT2D eigenvalue weighted by molar-refractivity contribution is 0.208. The second-order valence-electron chi connectivity index (χ2n) is 5.36. The fraction of sp³-hybridized carbons (Fsp3) is 0.667. The summed E-state index contributed by atoms with van der Waals surface area (Å²) in [5.74, 6) is 1.44. The van der Waals surface area contributed by atoms with Gasteiger partial charge in [0.05, 0.1) is 12.3 Å². The van der Waals surface area contributed by atoms with E-state index in [9.17, 15) is 0 Å². The lowest BCUT2D eigenvalue weighted by atomic mass is 9.90. The Morgan fingerprint density at radius 2 is 2.21 bits per heavy atom. The summed E-state index contributed by atoms with van der Waals surface area (Å²) < 4.78 is 5.56. The van der Waals surface area contributed by atoms with Crippen molar-refractivity contribution in [2.24, 2.45) is 5.92 Å². The van der Waals surface area contributed by atoms with E-state index in [-0.39, 0.29) is 0 Å².